The fourth-order valence-corrected chi connectivity index (χ4v) is 5.65. The van der Waals surface area contributed by atoms with Crippen LogP contribution >= 0.6 is 0 Å². The highest BCUT2D eigenvalue weighted by molar-refractivity contribution is 6.05. The second-order valence-corrected chi connectivity index (χ2v) is 8.62. The van der Waals surface area contributed by atoms with Gasteiger partial charge in [-0.15, -0.1) is 0 Å². The normalized spacial score (nSPS) is 31.8. The molecule has 0 aromatic heterocycles. The van der Waals surface area contributed by atoms with Gasteiger partial charge in [-0.2, -0.15) is 0 Å². The molecular weight excluding hydrogens is 370 g/mol. The average Bonchev–Trinajstić information content (AvgIpc) is 3.37. The van der Waals surface area contributed by atoms with E-state index in [1.54, 1.807) is 4.90 Å². The predicted octanol–water partition coefficient (Wildman–Crippen LogP) is 1.70. The van der Waals surface area contributed by atoms with Crippen molar-refractivity contribution in [1.82, 2.24) is 15.1 Å². The first kappa shape index (κ1) is 18.6. The number of hydrogen-bond acceptors (Lipinski definition) is 5. The van der Waals surface area contributed by atoms with Crippen LogP contribution in [0.25, 0.3) is 0 Å². The molecule has 154 valence electrons. The van der Waals surface area contributed by atoms with E-state index < -0.39 is 6.04 Å². The second-order valence-electron chi connectivity index (χ2n) is 8.62. The smallest absolute Gasteiger partial charge is 0.255 e. The zero-order valence-corrected chi connectivity index (χ0v) is 16.7. The molecule has 1 aromatic carbocycles. The molecule has 3 fully saturated rings. The molecule has 7 nitrogen and oxygen atoms in total. The van der Waals surface area contributed by atoms with E-state index in [-0.39, 0.29) is 30.2 Å². The van der Waals surface area contributed by atoms with Crippen LogP contribution in [0.15, 0.2) is 18.2 Å². The zero-order valence-electron chi connectivity index (χ0n) is 16.7. The monoisotopic (exact) mass is 397 g/mol. The van der Waals surface area contributed by atoms with Crippen LogP contribution in [0, 0.1) is 5.92 Å². The van der Waals surface area contributed by atoms with Gasteiger partial charge in [0.25, 0.3) is 5.91 Å². The molecule has 3 heterocycles. The van der Waals surface area contributed by atoms with Crippen molar-refractivity contribution in [3.05, 3.63) is 29.3 Å². The Balaban J connectivity index is 1.31. The molecule has 2 saturated heterocycles. The molecule has 0 spiro atoms. The lowest BCUT2D eigenvalue weighted by Gasteiger charge is -2.29. The SMILES string of the molecule is CCN1CC[C@H]2CC[C@H](Oc3ccc4c(c3)CN(C3CCC(=O)NC3=O)C4=O)[C@H]21. The first-order valence-corrected chi connectivity index (χ1v) is 10.7. The molecule has 4 aliphatic rings. The van der Waals surface area contributed by atoms with E-state index in [0.717, 1.165) is 36.7 Å². The molecule has 1 aliphatic carbocycles. The molecule has 3 amide bonds. The van der Waals surface area contributed by atoms with Gasteiger partial charge in [-0.1, -0.05) is 6.92 Å². The molecule has 0 radical (unpaired) electrons. The summed E-state index contributed by atoms with van der Waals surface area (Å²) in [6.07, 6.45) is 4.40. The van der Waals surface area contributed by atoms with Gasteiger partial charge in [0.2, 0.25) is 11.8 Å². The number of rotatable bonds is 4. The third kappa shape index (κ3) is 3.12. The van der Waals surface area contributed by atoms with Gasteiger partial charge in [0.15, 0.2) is 0 Å². The Hall–Kier alpha value is -2.41. The van der Waals surface area contributed by atoms with E-state index in [9.17, 15) is 14.4 Å². The number of benzene rings is 1. The second kappa shape index (κ2) is 7.13. The molecule has 0 bridgehead atoms. The lowest BCUT2D eigenvalue weighted by atomic mass is 10.0. The lowest BCUT2D eigenvalue weighted by molar-refractivity contribution is -0.136. The largest absolute Gasteiger partial charge is 0.489 e. The molecule has 29 heavy (non-hydrogen) atoms. The van der Waals surface area contributed by atoms with Crippen LogP contribution in [-0.2, 0) is 16.1 Å². The maximum Gasteiger partial charge on any atom is 0.255 e. The molecule has 1 aromatic rings. The van der Waals surface area contributed by atoms with Gasteiger partial charge in [0.05, 0.1) is 0 Å². The number of piperidine rings is 1. The van der Waals surface area contributed by atoms with Crippen molar-refractivity contribution in [2.75, 3.05) is 13.1 Å². The summed E-state index contributed by atoms with van der Waals surface area (Å²) in [7, 11) is 0. The van der Waals surface area contributed by atoms with E-state index in [2.05, 4.69) is 17.1 Å². The van der Waals surface area contributed by atoms with E-state index in [1.165, 1.54) is 12.8 Å². The quantitative estimate of drug-likeness (QED) is 0.783. The fraction of sp³-hybridized carbons (Fsp3) is 0.591. The number of hydrogen-bond donors (Lipinski definition) is 1. The van der Waals surface area contributed by atoms with E-state index in [1.807, 2.05) is 18.2 Å². The van der Waals surface area contributed by atoms with E-state index in [0.29, 0.717) is 24.6 Å². The molecule has 5 rings (SSSR count). The highest BCUT2D eigenvalue weighted by Crippen LogP contribution is 2.40. The van der Waals surface area contributed by atoms with Crippen molar-refractivity contribution < 1.29 is 19.1 Å². The van der Waals surface area contributed by atoms with Crippen LogP contribution in [0.3, 0.4) is 0 Å². The minimum Gasteiger partial charge on any atom is -0.489 e. The highest BCUT2D eigenvalue weighted by Gasteiger charge is 2.45. The number of likely N-dealkylation sites (tertiary alicyclic amines) is 1. The third-order valence-electron chi connectivity index (χ3n) is 7.08. The minimum absolute atomic E-state index is 0.144. The average molecular weight is 397 g/mol. The number of ether oxygens (including phenoxy) is 1. The van der Waals surface area contributed by atoms with Gasteiger partial charge in [-0.25, -0.2) is 0 Å². The number of nitrogens with zero attached hydrogens (tertiary/aromatic N) is 2. The fourth-order valence-electron chi connectivity index (χ4n) is 5.65. The summed E-state index contributed by atoms with van der Waals surface area (Å²) >= 11 is 0. The first-order chi connectivity index (χ1) is 14.0. The summed E-state index contributed by atoms with van der Waals surface area (Å²) in [5.41, 5.74) is 1.52. The Morgan fingerprint density at radius 1 is 1.14 bits per heavy atom. The Bertz CT molecular complexity index is 870. The lowest BCUT2D eigenvalue weighted by Crippen LogP contribution is -2.52. The Kier molecular flexibility index (Phi) is 4.57. The van der Waals surface area contributed by atoms with Gasteiger partial charge in [-0.3, -0.25) is 24.6 Å². The number of likely N-dealkylation sites (N-methyl/N-ethyl adjacent to an activating group) is 1. The Morgan fingerprint density at radius 2 is 2.00 bits per heavy atom. The number of amides is 3. The first-order valence-electron chi connectivity index (χ1n) is 10.7. The van der Waals surface area contributed by atoms with Crippen LogP contribution in [0.1, 0.15) is 54.9 Å². The maximum absolute atomic E-state index is 12.8. The highest BCUT2D eigenvalue weighted by atomic mass is 16.5. The molecule has 1 N–H and O–H groups in total. The molecular formula is C22H27N3O4. The van der Waals surface area contributed by atoms with Crippen LogP contribution in [0.5, 0.6) is 5.75 Å². The van der Waals surface area contributed by atoms with Gasteiger partial charge in [0.1, 0.15) is 17.9 Å². The predicted molar refractivity (Wildman–Crippen MR) is 105 cm³/mol. The van der Waals surface area contributed by atoms with Crippen molar-refractivity contribution >= 4 is 17.7 Å². The summed E-state index contributed by atoms with van der Waals surface area (Å²) in [6, 6.07) is 5.57. The molecule has 4 atom stereocenters. The van der Waals surface area contributed by atoms with Crippen LogP contribution in [-0.4, -0.2) is 58.8 Å². The van der Waals surface area contributed by atoms with Crippen LogP contribution < -0.4 is 10.1 Å². The van der Waals surface area contributed by atoms with Gasteiger partial charge < -0.3 is 9.64 Å². The molecule has 1 unspecified atom stereocenters. The van der Waals surface area contributed by atoms with E-state index >= 15 is 0 Å². The third-order valence-corrected chi connectivity index (χ3v) is 7.08. The summed E-state index contributed by atoms with van der Waals surface area (Å²) in [6.45, 7) is 4.81. The number of fused-ring (bicyclic) bond motifs is 2. The van der Waals surface area contributed by atoms with Crippen molar-refractivity contribution in [3.8, 4) is 5.75 Å². The van der Waals surface area contributed by atoms with Gasteiger partial charge >= 0.3 is 0 Å². The van der Waals surface area contributed by atoms with Crippen LogP contribution in [0.2, 0.25) is 0 Å². The van der Waals surface area contributed by atoms with Gasteiger partial charge in [0, 0.05) is 24.6 Å². The summed E-state index contributed by atoms with van der Waals surface area (Å²) in [4.78, 5) is 40.5. The molecule has 3 aliphatic heterocycles. The van der Waals surface area contributed by atoms with Crippen molar-refractivity contribution in [2.45, 2.75) is 63.8 Å². The topological polar surface area (TPSA) is 79.0 Å². The van der Waals surface area contributed by atoms with Crippen LogP contribution in [0.4, 0.5) is 0 Å². The minimum atomic E-state index is -0.579. The Morgan fingerprint density at radius 3 is 2.79 bits per heavy atom. The maximum atomic E-state index is 12.8. The molecule has 7 heteroatoms. The number of carbonyl (C=O) groups is 3. The van der Waals surface area contributed by atoms with Crippen molar-refractivity contribution in [3.63, 3.8) is 0 Å². The number of carbonyl (C=O) groups excluding carboxylic acids is 3. The number of imide groups is 1. The summed E-state index contributed by atoms with van der Waals surface area (Å²) in [5.74, 6) is 0.745. The van der Waals surface area contributed by atoms with Crippen molar-refractivity contribution in [1.29, 1.82) is 0 Å². The molecule has 1 saturated carbocycles. The number of nitrogens with one attached hydrogen (secondary N) is 1. The van der Waals surface area contributed by atoms with Crippen molar-refractivity contribution in [2.24, 2.45) is 5.92 Å². The van der Waals surface area contributed by atoms with Gasteiger partial charge in [-0.05, 0) is 68.5 Å². The Labute approximate surface area is 170 Å². The van der Waals surface area contributed by atoms with E-state index in [4.69, 9.17) is 4.74 Å². The standard InChI is InChI=1S/C22H27N3O4/c1-2-24-10-9-13-3-7-18(20(13)24)29-15-4-5-16-14(11-15)12-25(22(16)28)17-6-8-19(26)23-21(17)27/h4-5,11,13,17-18,20H,2-3,6-10,12H2,1H3,(H,23,26,27)/t13-,17?,18+,20+/m1/s1. The zero-order chi connectivity index (χ0) is 20.1. The summed E-state index contributed by atoms with van der Waals surface area (Å²) < 4.78 is 6.40. The summed E-state index contributed by atoms with van der Waals surface area (Å²) in [5, 5.41) is 2.34.